The minimum Gasteiger partial charge on any atom is -0.457 e. The highest BCUT2D eigenvalue weighted by atomic mass is 32.2. The number of benzene rings is 2. The highest BCUT2D eigenvalue weighted by Crippen LogP contribution is 2.45. The van der Waals surface area contributed by atoms with Gasteiger partial charge in [0.05, 0.1) is 32.4 Å². The largest absolute Gasteiger partial charge is 0.457 e. The van der Waals surface area contributed by atoms with Crippen LogP contribution in [-0.4, -0.2) is 15.6 Å². The van der Waals surface area contributed by atoms with Crippen molar-refractivity contribution in [2.45, 2.75) is 24.3 Å². The minimum absolute atomic E-state index is 0.109. The molecule has 1 aliphatic carbocycles. The second kappa shape index (κ2) is 6.14. The van der Waals surface area contributed by atoms with E-state index in [1.807, 2.05) is 13.0 Å². The second-order valence-electron chi connectivity index (χ2n) is 6.31. The fourth-order valence-corrected chi connectivity index (χ4v) is 4.12. The Morgan fingerprint density at radius 2 is 2.12 bits per heavy atom. The molecule has 3 atom stereocenters. The molecule has 3 rings (SSSR count). The number of nitrogens with one attached hydrogen (secondary N) is 1. The first kappa shape index (κ1) is 17.4. The van der Waals surface area contributed by atoms with Gasteiger partial charge in [-0.05, 0) is 36.6 Å². The Bertz CT molecular complexity index is 996. The summed E-state index contributed by atoms with van der Waals surface area (Å²) in [5.41, 5.74) is 1.27. The summed E-state index contributed by atoms with van der Waals surface area (Å²) in [6.07, 6.45) is 0.974. The summed E-state index contributed by atoms with van der Waals surface area (Å²) in [6, 6.07) is 8.65. The van der Waals surface area contributed by atoms with Crippen LogP contribution in [0.5, 0.6) is 11.5 Å². The minimum atomic E-state index is -3.01. The summed E-state index contributed by atoms with van der Waals surface area (Å²) in [7, 11) is -3.01. The Labute approximate surface area is 145 Å². The van der Waals surface area contributed by atoms with E-state index in [4.69, 9.17) is 14.8 Å². The van der Waals surface area contributed by atoms with Gasteiger partial charge in [-0.15, -0.1) is 0 Å². The van der Waals surface area contributed by atoms with Gasteiger partial charge in [0.15, 0.2) is 0 Å². The number of hydrogen-bond acceptors (Lipinski definition) is 5. The molecular formula is C18H17FN2O3S. The maximum absolute atomic E-state index is 13.6. The smallest absolute Gasteiger partial charge is 0.131 e. The monoisotopic (exact) mass is 360 g/mol. The van der Waals surface area contributed by atoms with Gasteiger partial charge < -0.3 is 9.84 Å². The van der Waals surface area contributed by atoms with Gasteiger partial charge in [-0.25, -0.2) is 13.4 Å². The number of nitrogens with zero attached hydrogens (tertiary/aromatic N) is 1. The van der Waals surface area contributed by atoms with Gasteiger partial charge in [0.2, 0.25) is 0 Å². The molecular weight excluding hydrogens is 343 g/mol. The Hall–Kier alpha value is -2.43. The van der Waals surface area contributed by atoms with Gasteiger partial charge in [0.25, 0.3) is 0 Å². The topological polar surface area (TPSA) is 94.2 Å². The van der Waals surface area contributed by atoms with E-state index in [9.17, 15) is 13.7 Å². The van der Waals surface area contributed by atoms with Gasteiger partial charge in [0.1, 0.15) is 17.3 Å². The lowest BCUT2D eigenvalue weighted by molar-refractivity contribution is 0.130. The maximum atomic E-state index is 13.6. The van der Waals surface area contributed by atoms with Crippen molar-refractivity contribution >= 4 is 9.73 Å². The van der Waals surface area contributed by atoms with Gasteiger partial charge in [-0.2, -0.15) is 5.26 Å². The predicted octanol–water partition coefficient (Wildman–Crippen LogP) is 3.75. The number of hydrogen-bond donors (Lipinski definition) is 2. The highest BCUT2D eigenvalue weighted by molar-refractivity contribution is 7.91. The zero-order chi connectivity index (χ0) is 18.4. The maximum Gasteiger partial charge on any atom is 0.131 e. The zero-order valence-electron chi connectivity index (χ0n) is 13.7. The van der Waals surface area contributed by atoms with E-state index < -0.39 is 21.7 Å². The third-order valence-corrected chi connectivity index (χ3v) is 5.48. The normalized spacial score (nSPS) is 21.2. The van der Waals surface area contributed by atoms with Gasteiger partial charge in [0, 0.05) is 23.4 Å². The molecule has 130 valence electrons. The summed E-state index contributed by atoms with van der Waals surface area (Å²) >= 11 is 0. The number of rotatable bonds is 3. The van der Waals surface area contributed by atoms with Crippen molar-refractivity contribution in [2.75, 3.05) is 6.26 Å². The van der Waals surface area contributed by atoms with Crippen LogP contribution in [0.2, 0.25) is 0 Å². The molecule has 0 spiro atoms. The van der Waals surface area contributed by atoms with E-state index in [2.05, 4.69) is 0 Å². The molecule has 1 unspecified atom stereocenters. The first-order chi connectivity index (χ1) is 11.7. The second-order valence-corrected chi connectivity index (χ2v) is 8.44. The molecule has 0 heterocycles. The summed E-state index contributed by atoms with van der Waals surface area (Å²) in [5.74, 6) is -0.121. The summed E-state index contributed by atoms with van der Waals surface area (Å²) < 4.78 is 39.4. The van der Waals surface area contributed by atoms with E-state index in [0.717, 1.165) is 6.07 Å². The van der Waals surface area contributed by atoms with Crippen molar-refractivity contribution in [2.24, 2.45) is 5.92 Å². The van der Waals surface area contributed by atoms with Crippen LogP contribution in [0, 0.1) is 27.8 Å². The summed E-state index contributed by atoms with van der Waals surface area (Å²) in [5, 5.41) is 19.4. The molecule has 0 aromatic heterocycles. The molecule has 0 bridgehead atoms. The van der Waals surface area contributed by atoms with Crippen LogP contribution in [-0.2, 0) is 16.1 Å². The molecule has 0 radical (unpaired) electrons. The van der Waals surface area contributed by atoms with E-state index in [1.54, 1.807) is 6.07 Å². The van der Waals surface area contributed by atoms with Crippen LogP contribution < -0.4 is 4.74 Å². The number of aliphatic hydroxyl groups excluding tert-OH is 1. The first-order valence-electron chi connectivity index (χ1n) is 7.67. The molecule has 2 aromatic carbocycles. The van der Waals surface area contributed by atoms with Gasteiger partial charge in [-0.3, -0.25) is 0 Å². The van der Waals surface area contributed by atoms with Crippen LogP contribution in [0.4, 0.5) is 4.39 Å². The molecule has 0 amide bonds. The quantitative estimate of drug-likeness (QED) is 0.871. The molecule has 0 saturated carbocycles. The Kier molecular flexibility index (Phi) is 4.27. The standard InChI is InChI=1S/C18H17FN2O3S/c1-10-5-14-15(24-13-7-11(9-20)6-12(19)8-13)3-4-16(25(2,21)23)17(14)18(10)22/h3-4,6-8,10,18,21-22H,5H2,1-2H3/t10-,18-,25?/m1/s1. The van der Waals surface area contributed by atoms with Crippen molar-refractivity contribution < 1.29 is 18.4 Å². The third-order valence-electron chi connectivity index (χ3n) is 4.28. The summed E-state index contributed by atoms with van der Waals surface area (Å²) in [6.45, 7) is 1.86. The molecule has 1 aliphatic rings. The molecule has 5 nitrogen and oxygen atoms in total. The molecule has 25 heavy (non-hydrogen) atoms. The Morgan fingerprint density at radius 3 is 2.76 bits per heavy atom. The molecule has 0 saturated heterocycles. The van der Waals surface area contributed by atoms with Crippen molar-refractivity contribution in [1.29, 1.82) is 10.0 Å². The third kappa shape index (κ3) is 3.23. The predicted molar refractivity (Wildman–Crippen MR) is 90.5 cm³/mol. The van der Waals surface area contributed by atoms with Crippen molar-refractivity contribution in [3.63, 3.8) is 0 Å². The van der Waals surface area contributed by atoms with Crippen molar-refractivity contribution in [3.8, 4) is 17.6 Å². The zero-order valence-corrected chi connectivity index (χ0v) is 14.6. The molecule has 0 aliphatic heterocycles. The van der Waals surface area contributed by atoms with Crippen LogP contribution >= 0.6 is 0 Å². The average molecular weight is 360 g/mol. The van der Waals surface area contributed by atoms with Crippen LogP contribution in [0.25, 0.3) is 0 Å². The number of nitriles is 1. The van der Waals surface area contributed by atoms with Crippen LogP contribution in [0.15, 0.2) is 35.2 Å². The number of halogens is 1. The summed E-state index contributed by atoms with van der Waals surface area (Å²) in [4.78, 5) is 0.295. The van der Waals surface area contributed by atoms with E-state index in [0.29, 0.717) is 28.2 Å². The van der Waals surface area contributed by atoms with Gasteiger partial charge >= 0.3 is 0 Å². The Balaban J connectivity index is 2.11. The number of fused-ring (bicyclic) bond motifs is 1. The molecule has 0 fully saturated rings. The number of ether oxygens (including phenoxy) is 1. The lowest BCUT2D eigenvalue weighted by Crippen LogP contribution is -2.07. The van der Waals surface area contributed by atoms with E-state index in [1.165, 1.54) is 24.5 Å². The number of aliphatic hydroxyl groups is 1. The lowest BCUT2D eigenvalue weighted by Gasteiger charge is -2.16. The fraction of sp³-hybridized carbons (Fsp3) is 0.278. The van der Waals surface area contributed by atoms with Crippen molar-refractivity contribution in [3.05, 3.63) is 52.8 Å². The van der Waals surface area contributed by atoms with E-state index >= 15 is 0 Å². The fourth-order valence-electron chi connectivity index (χ4n) is 3.12. The van der Waals surface area contributed by atoms with Crippen molar-refractivity contribution in [1.82, 2.24) is 0 Å². The molecule has 2 aromatic rings. The highest BCUT2D eigenvalue weighted by Gasteiger charge is 2.34. The van der Waals surface area contributed by atoms with Crippen LogP contribution in [0.1, 0.15) is 29.7 Å². The molecule has 7 heteroatoms. The average Bonchev–Trinajstić information content (AvgIpc) is 2.82. The lowest BCUT2D eigenvalue weighted by atomic mass is 10.1. The van der Waals surface area contributed by atoms with E-state index in [-0.39, 0.29) is 17.2 Å². The Morgan fingerprint density at radius 1 is 1.40 bits per heavy atom. The SMILES string of the molecule is C[C@@H]1Cc2c(Oc3cc(F)cc(C#N)c3)ccc(S(C)(=N)=O)c2[C@@H]1O. The van der Waals surface area contributed by atoms with Gasteiger partial charge in [-0.1, -0.05) is 6.92 Å². The first-order valence-corrected chi connectivity index (χ1v) is 9.63. The van der Waals surface area contributed by atoms with Crippen LogP contribution in [0.3, 0.4) is 0 Å². The molecule has 2 N–H and O–H groups in total.